The zero-order chi connectivity index (χ0) is 12.0. The summed E-state index contributed by atoms with van der Waals surface area (Å²) in [6.07, 6.45) is 0.600. The first-order chi connectivity index (χ1) is 7.72. The van der Waals surface area contributed by atoms with Gasteiger partial charge in [-0.25, -0.2) is 4.79 Å². The highest BCUT2D eigenvalue weighted by atomic mass is 16.5. The third-order valence-corrected chi connectivity index (χ3v) is 1.80. The van der Waals surface area contributed by atoms with Crippen LogP contribution in [0.3, 0.4) is 0 Å². The van der Waals surface area contributed by atoms with Gasteiger partial charge in [0.2, 0.25) is 0 Å². The van der Waals surface area contributed by atoms with Gasteiger partial charge in [0.25, 0.3) is 0 Å². The molecule has 6 nitrogen and oxygen atoms in total. The number of hydrogen-bond donors (Lipinski definition) is 0. The smallest absolute Gasteiger partial charge is 0.338 e. The molecule has 0 atom stereocenters. The summed E-state index contributed by atoms with van der Waals surface area (Å²) in [6, 6.07) is 4.18. The first-order valence-electron chi connectivity index (χ1n) is 4.54. The van der Waals surface area contributed by atoms with Crippen molar-refractivity contribution in [2.24, 2.45) is 5.11 Å². The van der Waals surface area contributed by atoms with Crippen molar-refractivity contribution >= 4 is 17.9 Å². The number of aldehydes is 1. The number of rotatable bonds is 4. The van der Waals surface area contributed by atoms with Gasteiger partial charge in [0.05, 0.1) is 17.9 Å². The van der Waals surface area contributed by atoms with Crippen LogP contribution in [0.2, 0.25) is 0 Å². The van der Waals surface area contributed by atoms with E-state index in [4.69, 9.17) is 10.3 Å². The number of benzene rings is 1. The second-order valence-electron chi connectivity index (χ2n) is 2.80. The molecule has 1 aromatic carbocycles. The maximum Gasteiger partial charge on any atom is 0.338 e. The summed E-state index contributed by atoms with van der Waals surface area (Å²) in [6.45, 7) is 1.87. The van der Waals surface area contributed by atoms with E-state index in [0.29, 0.717) is 11.8 Å². The molecule has 0 aliphatic heterocycles. The minimum absolute atomic E-state index is 0.0873. The summed E-state index contributed by atoms with van der Waals surface area (Å²) >= 11 is 0. The second-order valence-corrected chi connectivity index (χ2v) is 2.80. The molecule has 0 radical (unpaired) electrons. The van der Waals surface area contributed by atoms with E-state index in [0.717, 1.165) is 0 Å². The summed E-state index contributed by atoms with van der Waals surface area (Å²) in [4.78, 5) is 24.6. The zero-order valence-electron chi connectivity index (χ0n) is 8.58. The van der Waals surface area contributed by atoms with Crippen molar-refractivity contribution in [1.29, 1.82) is 0 Å². The highest BCUT2D eigenvalue weighted by Crippen LogP contribution is 2.21. The van der Waals surface area contributed by atoms with Gasteiger partial charge in [0, 0.05) is 10.5 Å². The predicted octanol–water partition coefficient (Wildman–Crippen LogP) is 2.62. The molecule has 82 valence electrons. The van der Waals surface area contributed by atoms with Crippen LogP contribution in [0.15, 0.2) is 23.3 Å². The van der Waals surface area contributed by atoms with Crippen molar-refractivity contribution < 1.29 is 14.3 Å². The molecule has 0 heterocycles. The lowest BCUT2D eigenvalue weighted by molar-refractivity contribution is 0.0527. The molecule has 0 amide bonds. The summed E-state index contributed by atoms with van der Waals surface area (Å²) in [5.74, 6) is -0.617. The molecule has 1 aromatic rings. The molecule has 0 aliphatic rings. The van der Waals surface area contributed by atoms with E-state index in [9.17, 15) is 9.59 Å². The van der Waals surface area contributed by atoms with Crippen molar-refractivity contribution in [2.75, 3.05) is 6.61 Å². The van der Waals surface area contributed by atoms with Crippen LogP contribution < -0.4 is 0 Å². The molecular formula is C10H9N3O3. The summed E-state index contributed by atoms with van der Waals surface area (Å²) < 4.78 is 4.78. The van der Waals surface area contributed by atoms with Crippen molar-refractivity contribution in [1.82, 2.24) is 0 Å². The number of azide groups is 1. The van der Waals surface area contributed by atoms with Crippen LogP contribution in [0.1, 0.15) is 27.6 Å². The molecule has 0 N–H and O–H groups in total. The topological polar surface area (TPSA) is 92.1 Å². The molecule has 0 unspecified atom stereocenters. The quantitative estimate of drug-likeness (QED) is 0.256. The second kappa shape index (κ2) is 5.53. The average Bonchev–Trinajstić information content (AvgIpc) is 2.30. The molecule has 16 heavy (non-hydrogen) atoms. The van der Waals surface area contributed by atoms with Gasteiger partial charge in [-0.2, -0.15) is 0 Å². The minimum Gasteiger partial charge on any atom is -0.462 e. The average molecular weight is 219 g/mol. The summed E-state index contributed by atoms with van der Waals surface area (Å²) in [5.41, 5.74) is 8.87. The molecule has 1 rings (SSSR count). The maximum absolute atomic E-state index is 11.5. The first kappa shape index (κ1) is 11.7. The summed E-state index contributed by atoms with van der Waals surface area (Å²) in [7, 11) is 0. The lowest BCUT2D eigenvalue weighted by Gasteiger charge is -2.05. The lowest BCUT2D eigenvalue weighted by Crippen LogP contribution is -2.05. The normalized spacial score (nSPS) is 9.06. The SMILES string of the molecule is CCOC(=O)c1cc(C=O)ccc1N=[N+]=[N-]. The standard InChI is InChI=1S/C10H9N3O3/c1-2-16-10(15)8-5-7(6-14)3-4-9(8)12-13-11/h3-6H,2H2,1H3. The number of carbonyl (C=O) groups is 2. The van der Waals surface area contributed by atoms with Crippen molar-refractivity contribution in [2.45, 2.75) is 6.92 Å². The van der Waals surface area contributed by atoms with Crippen LogP contribution in [0.25, 0.3) is 10.4 Å². The van der Waals surface area contributed by atoms with E-state index >= 15 is 0 Å². The molecule has 0 saturated carbocycles. The van der Waals surface area contributed by atoms with Crippen LogP contribution in [-0.4, -0.2) is 18.9 Å². The Balaban J connectivity index is 3.24. The van der Waals surface area contributed by atoms with Gasteiger partial charge < -0.3 is 4.74 Å². The minimum atomic E-state index is -0.617. The van der Waals surface area contributed by atoms with Gasteiger partial charge in [-0.1, -0.05) is 17.2 Å². The van der Waals surface area contributed by atoms with E-state index in [2.05, 4.69) is 10.0 Å². The third-order valence-electron chi connectivity index (χ3n) is 1.80. The number of hydrogen-bond acceptors (Lipinski definition) is 4. The van der Waals surface area contributed by atoms with Gasteiger partial charge in [-0.05, 0) is 18.5 Å². The molecule has 0 bridgehead atoms. The monoisotopic (exact) mass is 219 g/mol. The Morgan fingerprint density at radius 1 is 1.62 bits per heavy atom. The van der Waals surface area contributed by atoms with Crippen LogP contribution >= 0.6 is 0 Å². The third kappa shape index (κ3) is 2.59. The van der Waals surface area contributed by atoms with Crippen LogP contribution in [0, 0.1) is 0 Å². The Kier molecular flexibility index (Phi) is 4.06. The number of ether oxygens (including phenoxy) is 1. The van der Waals surface area contributed by atoms with Crippen LogP contribution in [0.5, 0.6) is 0 Å². The van der Waals surface area contributed by atoms with E-state index < -0.39 is 5.97 Å². The van der Waals surface area contributed by atoms with Gasteiger partial charge in [-0.3, -0.25) is 4.79 Å². The first-order valence-corrected chi connectivity index (χ1v) is 4.54. The van der Waals surface area contributed by atoms with Gasteiger partial charge in [0.1, 0.15) is 6.29 Å². The van der Waals surface area contributed by atoms with Crippen LogP contribution in [-0.2, 0) is 4.74 Å². The van der Waals surface area contributed by atoms with Gasteiger partial charge in [-0.15, -0.1) is 0 Å². The highest BCUT2D eigenvalue weighted by molar-refractivity contribution is 5.96. The predicted molar refractivity (Wildman–Crippen MR) is 56.6 cm³/mol. The Morgan fingerprint density at radius 3 is 2.94 bits per heavy atom. The van der Waals surface area contributed by atoms with E-state index in [1.54, 1.807) is 6.92 Å². The molecule has 0 spiro atoms. The van der Waals surface area contributed by atoms with Crippen LogP contribution in [0.4, 0.5) is 5.69 Å². The Hall–Kier alpha value is -2.33. The van der Waals surface area contributed by atoms with Crippen molar-refractivity contribution in [3.05, 3.63) is 39.8 Å². The van der Waals surface area contributed by atoms with Crippen molar-refractivity contribution in [3.63, 3.8) is 0 Å². The molecular weight excluding hydrogens is 210 g/mol. The molecule has 0 aromatic heterocycles. The maximum atomic E-state index is 11.5. The number of esters is 1. The Bertz CT molecular complexity index is 464. The molecule has 0 aliphatic carbocycles. The Morgan fingerprint density at radius 2 is 2.38 bits per heavy atom. The van der Waals surface area contributed by atoms with Crippen molar-refractivity contribution in [3.8, 4) is 0 Å². The lowest BCUT2D eigenvalue weighted by atomic mass is 10.1. The largest absolute Gasteiger partial charge is 0.462 e. The zero-order valence-corrected chi connectivity index (χ0v) is 8.58. The fourth-order valence-electron chi connectivity index (χ4n) is 1.13. The molecule has 6 heteroatoms. The van der Waals surface area contributed by atoms with Gasteiger partial charge >= 0.3 is 5.97 Å². The molecule has 0 fully saturated rings. The molecule has 0 saturated heterocycles. The van der Waals surface area contributed by atoms with E-state index in [-0.39, 0.29) is 17.9 Å². The van der Waals surface area contributed by atoms with E-state index in [1.165, 1.54) is 18.2 Å². The summed E-state index contributed by atoms with van der Waals surface area (Å²) in [5, 5.41) is 3.35. The number of nitrogens with zero attached hydrogens (tertiary/aromatic N) is 3. The Labute approximate surface area is 91.5 Å². The highest BCUT2D eigenvalue weighted by Gasteiger charge is 2.12. The fraction of sp³-hybridized carbons (Fsp3) is 0.200. The number of carbonyl (C=O) groups excluding carboxylic acids is 2. The van der Waals surface area contributed by atoms with Gasteiger partial charge in [0.15, 0.2) is 0 Å². The fourth-order valence-corrected chi connectivity index (χ4v) is 1.13. The van der Waals surface area contributed by atoms with E-state index in [1.807, 2.05) is 0 Å².